The summed E-state index contributed by atoms with van der Waals surface area (Å²) < 4.78 is 12.5. The average Bonchev–Trinajstić information content (AvgIpc) is 3.22. The van der Waals surface area contributed by atoms with Crippen molar-refractivity contribution in [2.24, 2.45) is 0 Å². The highest BCUT2D eigenvalue weighted by Crippen LogP contribution is 2.25. The van der Waals surface area contributed by atoms with Crippen molar-refractivity contribution in [1.82, 2.24) is 25.1 Å². The van der Waals surface area contributed by atoms with Gasteiger partial charge in [0.1, 0.15) is 12.9 Å². The molecule has 0 fully saturated rings. The Hall–Kier alpha value is -3.42. The molecule has 0 N–H and O–H groups in total. The van der Waals surface area contributed by atoms with Crippen LogP contribution < -0.4 is 9.47 Å². The van der Waals surface area contributed by atoms with Gasteiger partial charge in [0.2, 0.25) is 0 Å². The van der Waals surface area contributed by atoms with Crippen LogP contribution in [0.5, 0.6) is 11.5 Å². The van der Waals surface area contributed by atoms with Crippen molar-refractivity contribution in [2.75, 3.05) is 27.3 Å². The number of ether oxygens (including phenoxy) is 2. The summed E-state index contributed by atoms with van der Waals surface area (Å²) >= 11 is 0. The van der Waals surface area contributed by atoms with Gasteiger partial charge in [-0.25, -0.2) is 4.68 Å². The minimum absolute atomic E-state index is 0.0862. The fraction of sp³-hybridized carbons (Fsp3) is 0.222. The summed E-state index contributed by atoms with van der Waals surface area (Å²) in [4.78, 5) is 14.1. The lowest BCUT2D eigenvalue weighted by atomic mass is 10.2. The molecule has 2 aromatic carbocycles. The van der Waals surface area contributed by atoms with Crippen molar-refractivity contribution >= 4 is 5.91 Å². The summed E-state index contributed by atoms with van der Waals surface area (Å²) in [7, 11) is 3.33. The maximum absolute atomic E-state index is 12.5. The largest absolute Gasteiger partial charge is 0.493 e. The van der Waals surface area contributed by atoms with E-state index in [9.17, 15) is 4.79 Å². The number of hydrogen-bond acceptors (Lipinski definition) is 6. The number of hydrogen-bond donors (Lipinski definition) is 0. The Morgan fingerprint density at radius 1 is 1.12 bits per heavy atom. The normalized spacial score (nSPS) is 10.4. The van der Waals surface area contributed by atoms with Crippen molar-refractivity contribution in [2.45, 2.75) is 0 Å². The SMILES string of the molecule is COc1ccccc1OCCN(C)C(=O)c1ccc(-n2cnnn2)cc1. The smallest absolute Gasteiger partial charge is 0.253 e. The topological polar surface area (TPSA) is 82.4 Å². The van der Waals surface area contributed by atoms with E-state index in [1.165, 1.54) is 11.0 Å². The maximum atomic E-state index is 12.5. The second-order valence-corrected chi connectivity index (χ2v) is 5.53. The number of nitrogens with zero attached hydrogens (tertiary/aromatic N) is 5. The van der Waals surface area contributed by atoms with Gasteiger partial charge < -0.3 is 14.4 Å². The summed E-state index contributed by atoms with van der Waals surface area (Å²) in [6.07, 6.45) is 1.50. The molecule has 0 aliphatic heterocycles. The summed E-state index contributed by atoms with van der Waals surface area (Å²) in [5.41, 5.74) is 1.37. The molecule has 8 nitrogen and oxygen atoms in total. The molecule has 3 aromatic rings. The van der Waals surface area contributed by atoms with Gasteiger partial charge in [-0.3, -0.25) is 4.79 Å². The number of carbonyl (C=O) groups is 1. The van der Waals surface area contributed by atoms with E-state index in [-0.39, 0.29) is 5.91 Å². The van der Waals surface area contributed by atoms with Crippen molar-refractivity contribution in [3.63, 3.8) is 0 Å². The predicted octanol–water partition coefficient (Wildman–Crippen LogP) is 1.82. The Balaban J connectivity index is 1.56. The average molecular weight is 353 g/mol. The van der Waals surface area contributed by atoms with E-state index in [0.29, 0.717) is 30.2 Å². The molecule has 0 radical (unpaired) electrons. The zero-order valence-electron chi connectivity index (χ0n) is 14.6. The van der Waals surface area contributed by atoms with Gasteiger partial charge >= 0.3 is 0 Å². The molecule has 1 heterocycles. The van der Waals surface area contributed by atoms with Crippen molar-refractivity contribution in [1.29, 1.82) is 0 Å². The third-order valence-electron chi connectivity index (χ3n) is 3.83. The standard InChI is InChI=1S/C18H19N5O3/c1-22(11-12-26-17-6-4-3-5-16(17)25-2)18(24)14-7-9-15(10-8-14)23-13-19-20-21-23/h3-10,13H,11-12H2,1-2H3. The number of benzene rings is 2. The van der Waals surface area contributed by atoms with E-state index >= 15 is 0 Å². The van der Waals surface area contributed by atoms with Crippen LogP contribution in [0.3, 0.4) is 0 Å². The molecule has 0 aliphatic carbocycles. The van der Waals surface area contributed by atoms with E-state index in [1.807, 2.05) is 24.3 Å². The number of para-hydroxylation sites is 2. The molecule has 0 spiro atoms. The summed E-state index contributed by atoms with van der Waals surface area (Å²) in [6, 6.07) is 14.5. The van der Waals surface area contributed by atoms with Gasteiger partial charge in [-0.05, 0) is 46.8 Å². The van der Waals surface area contributed by atoms with Crippen molar-refractivity contribution in [3.8, 4) is 17.2 Å². The van der Waals surface area contributed by atoms with Gasteiger partial charge in [-0.1, -0.05) is 12.1 Å². The van der Waals surface area contributed by atoms with Gasteiger partial charge in [-0.2, -0.15) is 0 Å². The lowest BCUT2D eigenvalue weighted by Crippen LogP contribution is -2.30. The molecule has 0 saturated carbocycles. The van der Waals surface area contributed by atoms with Gasteiger partial charge in [0.05, 0.1) is 19.3 Å². The van der Waals surface area contributed by atoms with E-state index in [1.54, 1.807) is 43.3 Å². The zero-order valence-corrected chi connectivity index (χ0v) is 14.6. The summed E-state index contributed by atoms with van der Waals surface area (Å²) in [6.45, 7) is 0.816. The van der Waals surface area contributed by atoms with Crippen LogP contribution in [0.25, 0.3) is 5.69 Å². The number of methoxy groups -OCH3 is 1. The first-order valence-corrected chi connectivity index (χ1v) is 8.04. The van der Waals surface area contributed by atoms with E-state index in [0.717, 1.165) is 5.69 Å². The van der Waals surface area contributed by atoms with Crippen LogP contribution in [0, 0.1) is 0 Å². The molecule has 0 unspecified atom stereocenters. The Labute approximate surface area is 151 Å². The van der Waals surface area contributed by atoms with Crippen molar-refractivity contribution < 1.29 is 14.3 Å². The Morgan fingerprint density at radius 3 is 2.50 bits per heavy atom. The molecule has 0 aliphatic rings. The Morgan fingerprint density at radius 2 is 1.85 bits per heavy atom. The first kappa shape index (κ1) is 17.4. The minimum atomic E-state index is -0.0862. The number of aromatic nitrogens is 4. The van der Waals surface area contributed by atoms with Crippen LogP contribution >= 0.6 is 0 Å². The number of tetrazole rings is 1. The number of likely N-dealkylation sites (N-methyl/N-ethyl adjacent to an activating group) is 1. The first-order valence-electron chi connectivity index (χ1n) is 8.04. The number of amides is 1. The quantitative estimate of drug-likeness (QED) is 0.644. The fourth-order valence-corrected chi connectivity index (χ4v) is 2.39. The van der Waals surface area contributed by atoms with Gasteiger partial charge in [-0.15, -0.1) is 5.10 Å². The van der Waals surface area contributed by atoms with Crippen LogP contribution in [0.1, 0.15) is 10.4 Å². The predicted molar refractivity (Wildman–Crippen MR) is 94.6 cm³/mol. The van der Waals surface area contributed by atoms with Crippen LogP contribution in [0.4, 0.5) is 0 Å². The maximum Gasteiger partial charge on any atom is 0.253 e. The highest BCUT2D eigenvalue weighted by atomic mass is 16.5. The lowest BCUT2D eigenvalue weighted by Gasteiger charge is -2.18. The van der Waals surface area contributed by atoms with E-state index in [2.05, 4.69) is 15.5 Å². The summed E-state index contributed by atoms with van der Waals surface area (Å²) in [5, 5.41) is 11.0. The number of carbonyl (C=O) groups excluding carboxylic acids is 1. The Kier molecular flexibility index (Phi) is 5.43. The third kappa shape index (κ3) is 3.97. The molecule has 0 bridgehead atoms. The second kappa shape index (κ2) is 8.11. The highest BCUT2D eigenvalue weighted by molar-refractivity contribution is 5.94. The molecule has 0 saturated heterocycles. The Bertz CT molecular complexity index is 850. The molecule has 134 valence electrons. The minimum Gasteiger partial charge on any atom is -0.493 e. The molecule has 26 heavy (non-hydrogen) atoms. The molecule has 0 atom stereocenters. The van der Waals surface area contributed by atoms with Crippen LogP contribution in [0.2, 0.25) is 0 Å². The fourth-order valence-electron chi connectivity index (χ4n) is 2.39. The van der Waals surface area contributed by atoms with Gasteiger partial charge in [0.15, 0.2) is 11.5 Å². The molecule has 3 rings (SSSR count). The molecule has 8 heteroatoms. The number of rotatable bonds is 7. The van der Waals surface area contributed by atoms with E-state index < -0.39 is 0 Å². The third-order valence-corrected chi connectivity index (χ3v) is 3.83. The zero-order chi connectivity index (χ0) is 18.4. The van der Waals surface area contributed by atoms with Crippen molar-refractivity contribution in [3.05, 3.63) is 60.4 Å². The van der Waals surface area contributed by atoms with Crippen LogP contribution in [0.15, 0.2) is 54.9 Å². The molecule has 1 aromatic heterocycles. The molecular formula is C18H19N5O3. The van der Waals surface area contributed by atoms with Crippen LogP contribution in [-0.4, -0.2) is 58.3 Å². The lowest BCUT2D eigenvalue weighted by molar-refractivity contribution is 0.0773. The van der Waals surface area contributed by atoms with Crippen LogP contribution in [-0.2, 0) is 0 Å². The highest BCUT2D eigenvalue weighted by Gasteiger charge is 2.12. The molecule has 1 amide bonds. The summed E-state index contributed by atoms with van der Waals surface area (Å²) in [5.74, 6) is 1.23. The van der Waals surface area contributed by atoms with Gasteiger partial charge in [0.25, 0.3) is 5.91 Å². The van der Waals surface area contributed by atoms with E-state index in [4.69, 9.17) is 9.47 Å². The monoisotopic (exact) mass is 353 g/mol. The molecular weight excluding hydrogens is 334 g/mol. The first-order chi connectivity index (χ1) is 12.7. The second-order valence-electron chi connectivity index (χ2n) is 5.53. The van der Waals surface area contributed by atoms with Gasteiger partial charge in [0, 0.05) is 12.6 Å².